The molecule has 0 unspecified atom stereocenters. The van der Waals surface area contributed by atoms with Crippen molar-refractivity contribution in [3.63, 3.8) is 0 Å². The van der Waals surface area contributed by atoms with E-state index < -0.39 is 10.0 Å². The van der Waals surface area contributed by atoms with Crippen molar-refractivity contribution in [2.24, 2.45) is 5.92 Å². The Kier molecular flexibility index (Phi) is 6.79. The van der Waals surface area contributed by atoms with Crippen molar-refractivity contribution >= 4 is 27.3 Å². The van der Waals surface area contributed by atoms with Crippen molar-refractivity contribution in [2.75, 3.05) is 13.1 Å². The average molecular weight is 469 g/mol. The van der Waals surface area contributed by atoms with Gasteiger partial charge in [-0.3, -0.25) is 4.79 Å². The summed E-state index contributed by atoms with van der Waals surface area (Å²) < 4.78 is 27.4. The third-order valence-electron chi connectivity index (χ3n) is 6.01. The van der Waals surface area contributed by atoms with E-state index in [-0.39, 0.29) is 17.9 Å². The van der Waals surface area contributed by atoms with Gasteiger partial charge in [0.2, 0.25) is 15.9 Å². The van der Waals surface area contributed by atoms with Crippen LogP contribution in [0.1, 0.15) is 40.5 Å². The second kappa shape index (κ2) is 9.57. The Morgan fingerprint density at radius 1 is 0.969 bits per heavy atom. The fourth-order valence-corrected chi connectivity index (χ4v) is 6.28. The molecule has 0 spiro atoms. The molecule has 7 heteroatoms. The Bertz CT molecular complexity index is 1150. The zero-order valence-corrected chi connectivity index (χ0v) is 20.0. The Balaban J connectivity index is 1.43. The predicted octanol–water partition coefficient (Wildman–Crippen LogP) is 4.67. The molecule has 5 nitrogen and oxygen atoms in total. The van der Waals surface area contributed by atoms with Gasteiger partial charge in [-0.15, -0.1) is 11.3 Å². The molecule has 0 aliphatic carbocycles. The van der Waals surface area contributed by atoms with Gasteiger partial charge in [-0.1, -0.05) is 53.6 Å². The number of nitrogens with one attached hydrogen (secondary N) is 1. The zero-order valence-electron chi connectivity index (χ0n) is 18.3. The molecule has 0 saturated carbocycles. The minimum absolute atomic E-state index is 0.0173. The number of piperidine rings is 1. The van der Waals surface area contributed by atoms with Crippen molar-refractivity contribution in [1.82, 2.24) is 9.62 Å². The number of aryl methyl sites for hydroxylation is 2. The first kappa shape index (κ1) is 22.7. The molecule has 1 fully saturated rings. The second-order valence-electron chi connectivity index (χ2n) is 8.36. The summed E-state index contributed by atoms with van der Waals surface area (Å²) in [7, 11) is -3.53. The van der Waals surface area contributed by atoms with Gasteiger partial charge in [0.15, 0.2) is 0 Å². The van der Waals surface area contributed by atoms with Gasteiger partial charge in [0, 0.05) is 23.9 Å². The van der Waals surface area contributed by atoms with E-state index in [2.05, 4.69) is 29.6 Å². The van der Waals surface area contributed by atoms with Crippen LogP contribution in [0.5, 0.6) is 0 Å². The first-order valence-electron chi connectivity index (χ1n) is 10.8. The molecule has 1 amide bonds. The molecule has 0 bridgehead atoms. The molecule has 3 aromatic rings. The lowest BCUT2D eigenvalue weighted by atomic mass is 9.95. The standard InChI is InChI=1S/C25H28N2O3S2/c1-18-5-9-20(10-6-18)24(23-4-3-17-31-23)26-25(28)21-13-15-27(16-14-21)32(29,30)22-11-7-19(2)8-12-22/h3-12,17,21,24H,13-16H2,1-2H3,(H,26,28)/t24-/m0/s1. The monoisotopic (exact) mass is 468 g/mol. The van der Waals surface area contributed by atoms with Crippen molar-refractivity contribution in [3.05, 3.63) is 87.6 Å². The number of nitrogens with zero attached hydrogens (tertiary/aromatic N) is 1. The average Bonchev–Trinajstić information content (AvgIpc) is 3.33. The molecule has 1 aliphatic heterocycles. The minimum Gasteiger partial charge on any atom is -0.344 e. The summed E-state index contributed by atoms with van der Waals surface area (Å²) >= 11 is 1.62. The zero-order chi connectivity index (χ0) is 22.7. The van der Waals surface area contributed by atoms with Crippen molar-refractivity contribution in [3.8, 4) is 0 Å². The highest BCUT2D eigenvalue weighted by molar-refractivity contribution is 7.89. The van der Waals surface area contributed by atoms with E-state index in [9.17, 15) is 13.2 Å². The van der Waals surface area contributed by atoms with E-state index in [0.717, 1.165) is 16.0 Å². The fourth-order valence-electron chi connectivity index (χ4n) is 4.01. The van der Waals surface area contributed by atoms with Gasteiger partial charge in [0.05, 0.1) is 10.9 Å². The van der Waals surface area contributed by atoms with Crippen molar-refractivity contribution in [2.45, 2.75) is 37.6 Å². The smallest absolute Gasteiger partial charge is 0.243 e. The Hall–Kier alpha value is -2.48. The number of hydrogen-bond acceptors (Lipinski definition) is 4. The first-order chi connectivity index (χ1) is 15.3. The lowest BCUT2D eigenvalue weighted by Crippen LogP contribution is -2.43. The van der Waals surface area contributed by atoms with E-state index in [4.69, 9.17) is 0 Å². The SMILES string of the molecule is Cc1ccc([C@H](NC(=O)C2CCN(S(=O)(=O)c3ccc(C)cc3)CC2)c2cccs2)cc1. The topological polar surface area (TPSA) is 66.5 Å². The number of hydrogen-bond donors (Lipinski definition) is 1. The van der Waals surface area contributed by atoms with Gasteiger partial charge in [0.1, 0.15) is 0 Å². The predicted molar refractivity (Wildman–Crippen MR) is 128 cm³/mol. The van der Waals surface area contributed by atoms with Gasteiger partial charge in [-0.05, 0) is 55.8 Å². The third kappa shape index (κ3) is 4.95. The first-order valence-corrected chi connectivity index (χ1v) is 13.1. The number of carbonyl (C=O) groups excluding carboxylic acids is 1. The van der Waals surface area contributed by atoms with Crippen molar-refractivity contribution in [1.29, 1.82) is 0 Å². The van der Waals surface area contributed by atoms with Crippen LogP contribution in [0, 0.1) is 19.8 Å². The Labute approximate surface area is 194 Å². The molecule has 1 atom stereocenters. The summed E-state index contributed by atoms with van der Waals surface area (Å²) in [6.07, 6.45) is 1.03. The molecule has 4 rings (SSSR count). The maximum Gasteiger partial charge on any atom is 0.243 e. The highest BCUT2D eigenvalue weighted by Crippen LogP contribution is 2.29. The van der Waals surface area contributed by atoms with Gasteiger partial charge in [-0.2, -0.15) is 4.31 Å². The molecule has 1 aromatic heterocycles. The van der Waals surface area contributed by atoms with Crippen LogP contribution in [0.2, 0.25) is 0 Å². The molecule has 32 heavy (non-hydrogen) atoms. The molecular weight excluding hydrogens is 440 g/mol. The second-order valence-corrected chi connectivity index (χ2v) is 11.3. The van der Waals surface area contributed by atoms with Crippen molar-refractivity contribution < 1.29 is 13.2 Å². The number of carbonyl (C=O) groups is 1. The van der Waals surface area contributed by atoms with Crippen LogP contribution in [-0.2, 0) is 14.8 Å². The molecule has 2 heterocycles. The highest BCUT2D eigenvalue weighted by atomic mass is 32.2. The number of amides is 1. The summed E-state index contributed by atoms with van der Waals surface area (Å²) in [6.45, 7) is 4.67. The number of benzene rings is 2. The van der Waals surface area contributed by atoms with Crippen LogP contribution in [0.15, 0.2) is 70.9 Å². The molecular formula is C25H28N2O3S2. The summed E-state index contributed by atoms with van der Waals surface area (Å²) in [6, 6.07) is 18.9. The van der Waals surface area contributed by atoms with E-state index in [1.807, 2.05) is 43.5 Å². The molecule has 1 N–H and O–H groups in total. The number of thiophene rings is 1. The van der Waals surface area contributed by atoms with Crippen LogP contribution in [-0.4, -0.2) is 31.7 Å². The van der Waals surface area contributed by atoms with Gasteiger partial charge >= 0.3 is 0 Å². The van der Waals surface area contributed by atoms with Crippen LogP contribution < -0.4 is 5.32 Å². The normalized spacial score (nSPS) is 16.6. The maximum absolute atomic E-state index is 13.1. The third-order valence-corrected chi connectivity index (χ3v) is 8.86. The highest BCUT2D eigenvalue weighted by Gasteiger charge is 2.33. The number of sulfonamides is 1. The van der Waals surface area contributed by atoms with Gasteiger partial charge in [0.25, 0.3) is 0 Å². The quantitative estimate of drug-likeness (QED) is 0.572. The van der Waals surface area contributed by atoms with E-state index in [1.165, 1.54) is 9.87 Å². The van der Waals surface area contributed by atoms with Gasteiger partial charge in [-0.25, -0.2) is 8.42 Å². The summed E-state index contributed by atoms with van der Waals surface area (Å²) in [4.78, 5) is 14.5. The largest absolute Gasteiger partial charge is 0.344 e. The summed E-state index contributed by atoms with van der Waals surface area (Å²) in [5, 5.41) is 5.23. The minimum atomic E-state index is -3.53. The maximum atomic E-state index is 13.1. The molecule has 2 aromatic carbocycles. The molecule has 1 saturated heterocycles. The Morgan fingerprint density at radius 2 is 1.56 bits per heavy atom. The van der Waals surface area contributed by atoms with E-state index >= 15 is 0 Å². The van der Waals surface area contributed by atoms with Crippen LogP contribution in [0.25, 0.3) is 0 Å². The number of rotatable bonds is 6. The van der Waals surface area contributed by atoms with Gasteiger partial charge < -0.3 is 5.32 Å². The lowest BCUT2D eigenvalue weighted by molar-refractivity contribution is -0.126. The van der Waals surface area contributed by atoms with Crippen LogP contribution in [0.4, 0.5) is 0 Å². The lowest BCUT2D eigenvalue weighted by Gasteiger charge is -2.31. The Morgan fingerprint density at radius 3 is 2.12 bits per heavy atom. The molecule has 168 valence electrons. The van der Waals surface area contributed by atoms with E-state index in [1.54, 1.807) is 23.5 Å². The van der Waals surface area contributed by atoms with Crippen LogP contribution in [0.3, 0.4) is 0 Å². The van der Waals surface area contributed by atoms with E-state index in [0.29, 0.717) is 30.8 Å². The fraction of sp³-hybridized carbons (Fsp3) is 0.320. The summed E-state index contributed by atoms with van der Waals surface area (Å²) in [5.74, 6) is -0.219. The molecule has 0 radical (unpaired) electrons. The summed E-state index contributed by atoms with van der Waals surface area (Å²) in [5.41, 5.74) is 3.24. The van der Waals surface area contributed by atoms with Crippen LogP contribution >= 0.6 is 11.3 Å². The molecule has 1 aliphatic rings.